The standard InChI is InChI=1S/C19H22O7/c1-6-19(9-24-12(4)21)7-14(25-13(5)22)15-11(3)18(23)26-17(15)16(19)10(2)8-20/h6,8,14-17H,1-3,7,9H2,4-5H3. The molecule has 2 rings (SSSR count). The highest BCUT2D eigenvalue weighted by atomic mass is 16.6. The third kappa shape index (κ3) is 3.34. The van der Waals surface area contributed by atoms with Gasteiger partial charge in [0.05, 0.1) is 5.92 Å². The molecule has 5 unspecified atom stereocenters. The normalized spacial score (nSPS) is 32.8. The molecular weight excluding hydrogens is 340 g/mol. The summed E-state index contributed by atoms with van der Waals surface area (Å²) in [4.78, 5) is 46.5. The molecule has 2 aliphatic rings. The molecule has 0 amide bonds. The van der Waals surface area contributed by atoms with E-state index in [1.807, 2.05) is 0 Å². The number of carbonyl (C=O) groups is 4. The van der Waals surface area contributed by atoms with E-state index in [1.165, 1.54) is 19.9 Å². The molecule has 1 aliphatic heterocycles. The van der Waals surface area contributed by atoms with Gasteiger partial charge in [-0.15, -0.1) is 6.58 Å². The van der Waals surface area contributed by atoms with Crippen molar-refractivity contribution in [1.82, 2.24) is 0 Å². The Hall–Kier alpha value is -2.70. The predicted octanol–water partition coefficient (Wildman–Crippen LogP) is 1.53. The van der Waals surface area contributed by atoms with E-state index in [1.54, 1.807) is 0 Å². The van der Waals surface area contributed by atoms with E-state index in [9.17, 15) is 19.2 Å². The first-order valence-electron chi connectivity index (χ1n) is 8.14. The lowest BCUT2D eigenvalue weighted by atomic mass is 9.58. The van der Waals surface area contributed by atoms with Gasteiger partial charge in [0.1, 0.15) is 25.1 Å². The molecule has 7 nitrogen and oxygen atoms in total. The van der Waals surface area contributed by atoms with Crippen molar-refractivity contribution < 1.29 is 33.4 Å². The van der Waals surface area contributed by atoms with Gasteiger partial charge in [-0.2, -0.15) is 0 Å². The molecule has 0 radical (unpaired) electrons. The largest absolute Gasteiger partial charge is 0.465 e. The first-order valence-corrected chi connectivity index (χ1v) is 8.14. The minimum absolute atomic E-state index is 0.117. The molecule has 1 saturated heterocycles. The van der Waals surface area contributed by atoms with Crippen LogP contribution in [0.25, 0.3) is 0 Å². The van der Waals surface area contributed by atoms with Crippen molar-refractivity contribution in [3.05, 3.63) is 37.0 Å². The van der Waals surface area contributed by atoms with Crippen molar-refractivity contribution in [3.63, 3.8) is 0 Å². The molecule has 5 atom stereocenters. The van der Waals surface area contributed by atoms with Gasteiger partial charge in [-0.25, -0.2) is 4.79 Å². The molecule has 0 aromatic rings. The van der Waals surface area contributed by atoms with E-state index in [4.69, 9.17) is 14.2 Å². The number of esters is 3. The molecule has 2 fully saturated rings. The molecule has 1 heterocycles. The fourth-order valence-electron chi connectivity index (χ4n) is 3.91. The zero-order chi connectivity index (χ0) is 19.6. The Morgan fingerprint density at radius 1 is 1.35 bits per heavy atom. The average molecular weight is 362 g/mol. The van der Waals surface area contributed by atoms with Gasteiger partial charge in [-0.3, -0.25) is 14.4 Å². The summed E-state index contributed by atoms with van der Waals surface area (Å²) in [7, 11) is 0. The highest BCUT2D eigenvalue weighted by Crippen LogP contribution is 2.53. The SMILES string of the molecule is C=CC1(COC(C)=O)CC(OC(C)=O)C2C(=C)C(=O)OC2C1C(=C)C=O. The Morgan fingerprint density at radius 3 is 2.50 bits per heavy atom. The Balaban J connectivity index is 2.55. The Labute approximate surface area is 151 Å². The van der Waals surface area contributed by atoms with Crippen LogP contribution in [0, 0.1) is 17.3 Å². The van der Waals surface area contributed by atoms with Crippen molar-refractivity contribution in [2.45, 2.75) is 32.5 Å². The molecule has 7 heteroatoms. The first kappa shape index (κ1) is 19.6. The van der Waals surface area contributed by atoms with Crippen LogP contribution in [0.5, 0.6) is 0 Å². The average Bonchev–Trinajstić information content (AvgIpc) is 2.86. The van der Waals surface area contributed by atoms with E-state index in [0.717, 1.165) is 0 Å². The third-order valence-electron chi connectivity index (χ3n) is 5.01. The molecular formula is C19H22O7. The van der Waals surface area contributed by atoms with Crippen LogP contribution in [-0.4, -0.2) is 43.0 Å². The molecule has 0 bridgehead atoms. The second-order valence-corrected chi connectivity index (χ2v) is 6.66. The van der Waals surface area contributed by atoms with E-state index in [2.05, 4.69) is 19.7 Å². The van der Waals surface area contributed by atoms with Crippen LogP contribution in [0.4, 0.5) is 0 Å². The zero-order valence-corrected chi connectivity index (χ0v) is 14.9. The maximum atomic E-state index is 12.1. The molecule has 0 aromatic carbocycles. The van der Waals surface area contributed by atoms with E-state index in [0.29, 0.717) is 6.29 Å². The van der Waals surface area contributed by atoms with E-state index < -0.39 is 47.4 Å². The summed E-state index contributed by atoms with van der Waals surface area (Å²) in [5.41, 5.74) is -0.638. The third-order valence-corrected chi connectivity index (χ3v) is 5.01. The second kappa shape index (κ2) is 7.27. The van der Waals surface area contributed by atoms with Gasteiger partial charge in [-0.1, -0.05) is 19.2 Å². The van der Waals surface area contributed by atoms with Crippen LogP contribution >= 0.6 is 0 Å². The van der Waals surface area contributed by atoms with Gasteiger partial charge in [0.15, 0.2) is 0 Å². The van der Waals surface area contributed by atoms with Gasteiger partial charge >= 0.3 is 17.9 Å². The molecule has 1 saturated carbocycles. The van der Waals surface area contributed by atoms with Crippen LogP contribution in [-0.2, 0) is 33.4 Å². The summed E-state index contributed by atoms with van der Waals surface area (Å²) in [5.74, 6) is -2.96. The van der Waals surface area contributed by atoms with Crippen molar-refractivity contribution in [3.8, 4) is 0 Å². The monoisotopic (exact) mass is 362 g/mol. The zero-order valence-electron chi connectivity index (χ0n) is 14.9. The van der Waals surface area contributed by atoms with Gasteiger partial charge in [0.25, 0.3) is 0 Å². The smallest absolute Gasteiger partial charge is 0.334 e. The lowest BCUT2D eigenvalue weighted by Crippen LogP contribution is -2.54. The molecule has 0 N–H and O–H groups in total. The maximum absolute atomic E-state index is 12.1. The topological polar surface area (TPSA) is 96.0 Å². The molecule has 0 spiro atoms. The van der Waals surface area contributed by atoms with Crippen molar-refractivity contribution in [2.24, 2.45) is 17.3 Å². The first-order chi connectivity index (χ1) is 12.2. The number of carbonyl (C=O) groups excluding carboxylic acids is 4. The van der Waals surface area contributed by atoms with Gasteiger partial charge < -0.3 is 14.2 Å². The summed E-state index contributed by atoms with van der Waals surface area (Å²) in [5, 5.41) is 0. The number of hydrogen-bond acceptors (Lipinski definition) is 7. The number of fused-ring (bicyclic) bond motifs is 1. The van der Waals surface area contributed by atoms with Gasteiger partial charge in [-0.05, 0) is 12.0 Å². The van der Waals surface area contributed by atoms with Crippen molar-refractivity contribution in [1.29, 1.82) is 0 Å². The Morgan fingerprint density at radius 2 is 2.00 bits per heavy atom. The summed E-state index contributed by atoms with van der Waals surface area (Å²) in [6.45, 7) is 13.7. The van der Waals surface area contributed by atoms with Crippen LogP contribution in [0.2, 0.25) is 0 Å². The van der Waals surface area contributed by atoms with Crippen LogP contribution in [0.1, 0.15) is 20.3 Å². The van der Waals surface area contributed by atoms with Crippen LogP contribution in [0.3, 0.4) is 0 Å². The summed E-state index contributed by atoms with van der Waals surface area (Å²) >= 11 is 0. The molecule has 26 heavy (non-hydrogen) atoms. The molecule has 1 aliphatic carbocycles. The van der Waals surface area contributed by atoms with E-state index >= 15 is 0 Å². The predicted molar refractivity (Wildman–Crippen MR) is 90.6 cm³/mol. The minimum atomic E-state index is -0.990. The lowest BCUT2D eigenvalue weighted by molar-refractivity contribution is -0.169. The van der Waals surface area contributed by atoms with Crippen LogP contribution < -0.4 is 0 Å². The minimum Gasteiger partial charge on any atom is -0.465 e. The highest BCUT2D eigenvalue weighted by molar-refractivity contribution is 5.91. The van der Waals surface area contributed by atoms with Gasteiger partial charge in [0, 0.05) is 30.8 Å². The quantitative estimate of drug-likeness (QED) is 0.232. The van der Waals surface area contributed by atoms with Gasteiger partial charge in [0.2, 0.25) is 0 Å². The summed E-state index contributed by atoms with van der Waals surface area (Å²) in [6, 6.07) is 0. The van der Waals surface area contributed by atoms with Crippen molar-refractivity contribution >= 4 is 24.2 Å². The molecule has 0 aromatic heterocycles. The van der Waals surface area contributed by atoms with Crippen molar-refractivity contribution in [2.75, 3.05) is 6.61 Å². The fourth-order valence-corrected chi connectivity index (χ4v) is 3.91. The maximum Gasteiger partial charge on any atom is 0.334 e. The summed E-state index contributed by atoms with van der Waals surface area (Å²) < 4.78 is 16.0. The summed E-state index contributed by atoms with van der Waals surface area (Å²) in [6.07, 6.45) is 0.740. The number of ether oxygens (including phenoxy) is 3. The Bertz CT molecular complexity index is 692. The Kier molecular flexibility index (Phi) is 5.49. The lowest BCUT2D eigenvalue weighted by Gasteiger charge is -2.48. The molecule has 140 valence electrons. The fraction of sp³-hybridized carbons (Fsp3) is 0.474. The van der Waals surface area contributed by atoms with E-state index in [-0.39, 0.29) is 24.2 Å². The number of hydrogen-bond donors (Lipinski definition) is 0. The van der Waals surface area contributed by atoms with Crippen LogP contribution in [0.15, 0.2) is 37.0 Å². The highest BCUT2D eigenvalue weighted by Gasteiger charge is 2.60. The number of rotatable bonds is 6. The number of aldehydes is 1. The second-order valence-electron chi connectivity index (χ2n) is 6.66.